The summed E-state index contributed by atoms with van der Waals surface area (Å²) in [7, 11) is 0. The monoisotopic (exact) mass is 261 g/mol. The Morgan fingerprint density at radius 2 is 1.84 bits per heavy atom. The maximum absolute atomic E-state index is 10.6. The fraction of sp³-hybridized carbons (Fsp3) is 0.562. The minimum absolute atomic E-state index is 0.101. The van der Waals surface area contributed by atoms with E-state index in [1.165, 1.54) is 18.4 Å². The van der Waals surface area contributed by atoms with Crippen molar-refractivity contribution < 1.29 is 9.90 Å². The van der Waals surface area contributed by atoms with Gasteiger partial charge in [-0.1, -0.05) is 38.1 Å². The molecule has 2 N–H and O–H groups in total. The first-order chi connectivity index (χ1) is 9.02. The van der Waals surface area contributed by atoms with Crippen LogP contribution in [0.25, 0.3) is 0 Å². The van der Waals surface area contributed by atoms with Gasteiger partial charge in [-0.15, -0.1) is 0 Å². The maximum atomic E-state index is 10.6. The highest BCUT2D eigenvalue weighted by atomic mass is 16.4. The highest BCUT2D eigenvalue weighted by Gasteiger charge is 2.44. The van der Waals surface area contributed by atoms with Crippen molar-refractivity contribution in [2.24, 2.45) is 11.3 Å². The first-order valence-electron chi connectivity index (χ1n) is 7.02. The molecule has 3 heteroatoms. The third-order valence-electron chi connectivity index (χ3n) is 4.30. The molecule has 1 fully saturated rings. The highest BCUT2D eigenvalue weighted by Crippen LogP contribution is 2.51. The predicted molar refractivity (Wildman–Crippen MR) is 76.0 cm³/mol. The summed E-state index contributed by atoms with van der Waals surface area (Å²) in [4.78, 5) is 10.6. The van der Waals surface area contributed by atoms with E-state index in [2.05, 4.69) is 19.2 Å². The van der Waals surface area contributed by atoms with E-state index in [-0.39, 0.29) is 6.42 Å². The second kappa shape index (κ2) is 5.74. The number of nitrogens with one attached hydrogen (secondary N) is 1. The van der Waals surface area contributed by atoms with E-state index in [1.807, 2.05) is 24.3 Å². The van der Waals surface area contributed by atoms with Crippen LogP contribution in [0.4, 0.5) is 0 Å². The SMILES string of the molecule is CC(C)C1(CNCc2ccc(CC(=O)O)cc2)CC1. The van der Waals surface area contributed by atoms with Crippen molar-refractivity contribution in [1.82, 2.24) is 5.32 Å². The van der Waals surface area contributed by atoms with Gasteiger partial charge in [0.15, 0.2) is 0 Å². The molecule has 0 heterocycles. The van der Waals surface area contributed by atoms with Crippen LogP contribution in [0, 0.1) is 11.3 Å². The Balaban J connectivity index is 1.79. The van der Waals surface area contributed by atoms with Gasteiger partial charge in [0.05, 0.1) is 6.42 Å². The molecule has 3 nitrogen and oxygen atoms in total. The lowest BCUT2D eigenvalue weighted by Crippen LogP contribution is -2.27. The average molecular weight is 261 g/mol. The largest absolute Gasteiger partial charge is 0.481 e. The summed E-state index contributed by atoms with van der Waals surface area (Å²) in [5, 5.41) is 12.2. The summed E-state index contributed by atoms with van der Waals surface area (Å²) >= 11 is 0. The molecule has 0 radical (unpaired) electrons. The third kappa shape index (κ3) is 3.80. The molecule has 0 atom stereocenters. The molecule has 0 aromatic heterocycles. The minimum Gasteiger partial charge on any atom is -0.481 e. The molecular formula is C16H23NO2. The summed E-state index contributed by atoms with van der Waals surface area (Å²) in [5.41, 5.74) is 2.61. The Morgan fingerprint density at radius 3 is 2.32 bits per heavy atom. The summed E-state index contributed by atoms with van der Waals surface area (Å²) in [6.45, 7) is 6.55. The minimum atomic E-state index is -0.779. The molecule has 2 rings (SSSR count). The van der Waals surface area contributed by atoms with Crippen molar-refractivity contribution in [1.29, 1.82) is 0 Å². The fourth-order valence-electron chi connectivity index (χ4n) is 2.52. The first kappa shape index (κ1) is 14.1. The van der Waals surface area contributed by atoms with E-state index >= 15 is 0 Å². The van der Waals surface area contributed by atoms with Crippen molar-refractivity contribution in [2.45, 2.75) is 39.7 Å². The number of carboxylic acid groups (broad SMARTS) is 1. The number of benzene rings is 1. The van der Waals surface area contributed by atoms with E-state index in [9.17, 15) is 4.79 Å². The lowest BCUT2D eigenvalue weighted by molar-refractivity contribution is -0.136. The molecule has 0 spiro atoms. The van der Waals surface area contributed by atoms with Gasteiger partial charge >= 0.3 is 5.97 Å². The van der Waals surface area contributed by atoms with Gasteiger partial charge in [-0.05, 0) is 35.3 Å². The van der Waals surface area contributed by atoms with Crippen LogP contribution < -0.4 is 5.32 Å². The van der Waals surface area contributed by atoms with Crippen molar-refractivity contribution in [3.8, 4) is 0 Å². The summed E-state index contributed by atoms with van der Waals surface area (Å²) in [5.74, 6) is -0.0311. The van der Waals surface area contributed by atoms with Gasteiger partial charge in [0.25, 0.3) is 0 Å². The summed E-state index contributed by atoms with van der Waals surface area (Å²) < 4.78 is 0. The normalized spacial score (nSPS) is 16.6. The van der Waals surface area contributed by atoms with Crippen molar-refractivity contribution in [2.75, 3.05) is 6.54 Å². The van der Waals surface area contributed by atoms with Crippen LogP contribution in [0.5, 0.6) is 0 Å². The van der Waals surface area contributed by atoms with Crippen molar-refractivity contribution in [3.05, 3.63) is 35.4 Å². The van der Waals surface area contributed by atoms with Gasteiger partial charge < -0.3 is 10.4 Å². The Hall–Kier alpha value is -1.35. The Labute approximate surface area is 115 Å². The number of hydrogen-bond donors (Lipinski definition) is 2. The second-order valence-corrected chi connectivity index (χ2v) is 6.01. The van der Waals surface area contributed by atoms with E-state index in [4.69, 9.17) is 5.11 Å². The van der Waals surface area contributed by atoms with E-state index in [0.29, 0.717) is 5.41 Å². The summed E-state index contributed by atoms with van der Waals surface area (Å²) in [6.07, 6.45) is 2.79. The number of carbonyl (C=O) groups is 1. The molecule has 1 saturated carbocycles. The van der Waals surface area contributed by atoms with Crippen LogP contribution in [0.1, 0.15) is 37.8 Å². The van der Waals surface area contributed by atoms with Crippen LogP contribution in [-0.4, -0.2) is 17.6 Å². The molecule has 1 aliphatic carbocycles. The Bertz CT molecular complexity index is 433. The number of hydrogen-bond acceptors (Lipinski definition) is 2. The molecule has 1 aliphatic rings. The predicted octanol–water partition coefficient (Wildman–Crippen LogP) is 2.84. The van der Waals surface area contributed by atoms with Gasteiger partial charge in [-0.25, -0.2) is 0 Å². The molecular weight excluding hydrogens is 238 g/mol. The lowest BCUT2D eigenvalue weighted by atomic mass is 9.92. The highest BCUT2D eigenvalue weighted by molar-refractivity contribution is 5.70. The molecule has 0 saturated heterocycles. The Morgan fingerprint density at radius 1 is 1.26 bits per heavy atom. The topological polar surface area (TPSA) is 49.3 Å². The molecule has 19 heavy (non-hydrogen) atoms. The zero-order valence-electron chi connectivity index (χ0n) is 11.8. The van der Waals surface area contributed by atoms with Gasteiger partial charge in [0.2, 0.25) is 0 Å². The zero-order valence-corrected chi connectivity index (χ0v) is 11.8. The van der Waals surface area contributed by atoms with Crippen LogP contribution in [-0.2, 0) is 17.8 Å². The molecule has 104 valence electrons. The molecule has 0 aliphatic heterocycles. The fourth-order valence-corrected chi connectivity index (χ4v) is 2.52. The van der Waals surface area contributed by atoms with Gasteiger partial charge in [0, 0.05) is 13.1 Å². The lowest BCUT2D eigenvalue weighted by Gasteiger charge is -2.20. The Kier molecular flexibility index (Phi) is 4.25. The molecule has 1 aromatic carbocycles. The number of carboxylic acids is 1. The second-order valence-electron chi connectivity index (χ2n) is 6.01. The van der Waals surface area contributed by atoms with E-state index in [0.717, 1.165) is 24.6 Å². The summed E-state index contributed by atoms with van der Waals surface area (Å²) in [6, 6.07) is 7.83. The first-order valence-corrected chi connectivity index (χ1v) is 7.02. The zero-order chi connectivity index (χ0) is 13.9. The number of rotatable bonds is 7. The van der Waals surface area contributed by atoms with Crippen molar-refractivity contribution >= 4 is 5.97 Å². The van der Waals surface area contributed by atoms with Gasteiger partial charge in [-0.2, -0.15) is 0 Å². The van der Waals surface area contributed by atoms with Crippen LogP contribution in [0.15, 0.2) is 24.3 Å². The smallest absolute Gasteiger partial charge is 0.307 e. The van der Waals surface area contributed by atoms with Crippen LogP contribution in [0.2, 0.25) is 0 Å². The molecule has 1 aromatic rings. The third-order valence-corrected chi connectivity index (χ3v) is 4.30. The molecule has 0 amide bonds. The molecule has 0 bridgehead atoms. The van der Waals surface area contributed by atoms with E-state index in [1.54, 1.807) is 0 Å². The van der Waals surface area contributed by atoms with Gasteiger partial charge in [-0.3, -0.25) is 4.79 Å². The van der Waals surface area contributed by atoms with Crippen LogP contribution in [0.3, 0.4) is 0 Å². The maximum Gasteiger partial charge on any atom is 0.307 e. The van der Waals surface area contributed by atoms with E-state index < -0.39 is 5.97 Å². The molecule has 0 unspecified atom stereocenters. The van der Waals surface area contributed by atoms with Crippen LogP contribution >= 0.6 is 0 Å². The van der Waals surface area contributed by atoms with Crippen molar-refractivity contribution in [3.63, 3.8) is 0 Å². The standard InChI is InChI=1S/C16H23NO2/c1-12(2)16(7-8-16)11-17-10-14-5-3-13(4-6-14)9-15(18)19/h3-6,12,17H,7-11H2,1-2H3,(H,18,19). The average Bonchev–Trinajstić information content (AvgIpc) is 3.12. The van der Waals surface area contributed by atoms with Gasteiger partial charge in [0.1, 0.15) is 0 Å². The number of aliphatic carboxylic acids is 1. The quantitative estimate of drug-likeness (QED) is 0.793.